The first-order valence-corrected chi connectivity index (χ1v) is 6.27. The summed E-state index contributed by atoms with van der Waals surface area (Å²) in [6.07, 6.45) is 1.43. The molecule has 0 bridgehead atoms. The van der Waals surface area contributed by atoms with Gasteiger partial charge in [0.15, 0.2) is 5.90 Å². The van der Waals surface area contributed by atoms with Crippen molar-refractivity contribution in [2.75, 3.05) is 20.2 Å². The van der Waals surface area contributed by atoms with Crippen molar-refractivity contribution in [2.45, 2.75) is 26.4 Å². The fraction of sp³-hybridized carbons (Fsp3) is 0.500. The van der Waals surface area contributed by atoms with E-state index in [1.807, 2.05) is 0 Å². The molecule has 0 fully saturated rings. The van der Waals surface area contributed by atoms with Gasteiger partial charge in [0.05, 0.1) is 25.8 Å². The minimum absolute atomic E-state index is 0.0852. The quantitative estimate of drug-likeness (QED) is 0.463. The average Bonchev–Trinajstić information content (AvgIpc) is 2.38. The summed E-state index contributed by atoms with van der Waals surface area (Å²) in [6, 6.07) is 0. The van der Waals surface area contributed by atoms with Gasteiger partial charge in [-0.05, 0) is 25.0 Å². The summed E-state index contributed by atoms with van der Waals surface area (Å²) in [5.41, 5.74) is 5.14. The van der Waals surface area contributed by atoms with Crippen LogP contribution < -0.4 is 5.73 Å². The Kier molecular flexibility index (Phi) is 8.63. The summed E-state index contributed by atoms with van der Waals surface area (Å²) in [6.45, 7) is 3.58. The van der Waals surface area contributed by atoms with Crippen molar-refractivity contribution in [3.05, 3.63) is 35.5 Å². The lowest BCUT2D eigenvalue weighted by atomic mass is 10.1. The molecule has 0 heterocycles. The Morgan fingerprint density at radius 3 is 2.40 bits per heavy atom. The van der Waals surface area contributed by atoms with Crippen molar-refractivity contribution in [1.29, 1.82) is 0 Å². The Balaban J connectivity index is 5.30. The first kappa shape index (κ1) is 18.4. The second-order valence-electron chi connectivity index (χ2n) is 3.90. The van der Waals surface area contributed by atoms with Crippen LogP contribution in [0.1, 0.15) is 20.3 Å². The van der Waals surface area contributed by atoms with Crippen LogP contribution in [-0.2, 0) is 4.74 Å². The molecule has 0 aliphatic rings. The van der Waals surface area contributed by atoms with E-state index in [1.54, 1.807) is 26.0 Å². The lowest BCUT2D eigenvalue weighted by molar-refractivity contribution is -0.0884. The summed E-state index contributed by atoms with van der Waals surface area (Å²) >= 11 is 0. The molecule has 0 aromatic heterocycles. The second-order valence-corrected chi connectivity index (χ2v) is 3.90. The molecule has 2 N–H and O–H groups in total. The number of rotatable bonds is 6. The van der Waals surface area contributed by atoms with Crippen LogP contribution >= 0.6 is 0 Å². The molecule has 0 aromatic rings. The Morgan fingerprint density at radius 1 is 1.35 bits per heavy atom. The fourth-order valence-corrected chi connectivity index (χ4v) is 1.43. The monoisotopic (exact) mass is 290 g/mol. The van der Waals surface area contributed by atoms with Gasteiger partial charge in [-0.2, -0.15) is 13.2 Å². The number of methoxy groups -OCH3 is 1. The standard InChI is InChI=1S/C14H21F3N2O/c1-4-6-11(10-19-13(9-18)20-3)8-12(7-5-2)14(15,16)17/h4,6-8H,5,9-10,18H2,1-3H3/b6-4-,11-8+,12-7-,19-13?. The molecule has 20 heavy (non-hydrogen) atoms. The molecule has 0 unspecified atom stereocenters. The number of hydrogen-bond acceptors (Lipinski definition) is 3. The van der Waals surface area contributed by atoms with Gasteiger partial charge < -0.3 is 10.5 Å². The van der Waals surface area contributed by atoms with Crippen LogP contribution in [-0.4, -0.2) is 32.3 Å². The predicted molar refractivity (Wildman–Crippen MR) is 75.7 cm³/mol. The molecule has 0 saturated heterocycles. The number of allylic oxidation sites excluding steroid dienone is 4. The summed E-state index contributed by atoms with van der Waals surface area (Å²) in [4.78, 5) is 4.03. The Morgan fingerprint density at radius 2 is 2.00 bits per heavy atom. The maximum absolute atomic E-state index is 12.8. The minimum atomic E-state index is -4.37. The fourth-order valence-electron chi connectivity index (χ4n) is 1.43. The van der Waals surface area contributed by atoms with E-state index in [2.05, 4.69) is 4.99 Å². The zero-order chi connectivity index (χ0) is 15.6. The van der Waals surface area contributed by atoms with Gasteiger partial charge in [-0.3, -0.25) is 0 Å². The highest BCUT2D eigenvalue weighted by atomic mass is 19.4. The summed E-state index contributed by atoms with van der Waals surface area (Å²) < 4.78 is 43.3. The number of nitrogens with two attached hydrogens (primary N) is 1. The highest BCUT2D eigenvalue weighted by molar-refractivity contribution is 5.78. The molecule has 0 aromatic carbocycles. The van der Waals surface area contributed by atoms with Crippen molar-refractivity contribution in [3.8, 4) is 0 Å². The van der Waals surface area contributed by atoms with Gasteiger partial charge in [-0.15, -0.1) is 0 Å². The lowest BCUT2D eigenvalue weighted by Gasteiger charge is -2.09. The summed E-state index contributed by atoms with van der Waals surface area (Å²) in [5, 5.41) is 0. The third-order valence-corrected chi connectivity index (χ3v) is 2.32. The van der Waals surface area contributed by atoms with E-state index in [1.165, 1.54) is 7.11 Å². The summed E-state index contributed by atoms with van der Waals surface area (Å²) in [5.74, 6) is 0.299. The zero-order valence-electron chi connectivity index (χ0n) is 12.0. The number of ether oxygens (including phenoxy) is 1. The Labute approximate surface area is 117 Å². The van der Waals surface area contributed by atoms with Gasteiger partial charge in [0, 0.05) is 0 Å². The third-order valence-electron chi connectivity index (χ3n) is 2.32. The van der Waals surface area contributed by atoms with Crippen LogP contribution in [0.3, 0.4) is 0 Å². The number of aliphatic imine (C=N–C) groups is 1. The predicted octanol–water partition coefficient (Wildman–Crippen LogP) is 3.39. The first-order chi connectivity index (χ1) is 9.38. The van der Waals surface area contributed by atoms with Gasteiger partial charge >= 0.3 is 6.18 Å². The number of alkyl halides is 3. The SMILES string of the molecule is C\C=C/C(=C\C(=C\CC)C(F)(F)F)CN=C(CN)OC. The third kappa shape index (κ3) is 7.13. The molecule has 3 nitrogen and oxygen atoms in total. The molecule has 0 aliphatic carbocycles. The maximum atomic E-state index is 12.8. The molecule has 114 valence electrons. The second kappa shape index (κ2) is 9.36. The van der Waals surface area contributed by atoms with Gasteiger partial charge in [-0.25, -0.2) is 4.99 Å². The van der Waals surface area contributed by atoms with E-state index in [4.69, 9.17) is 10.5 Å². The largest absolute Gasteiger partial charge is 0.483 e. The number of hydrogen-bond donors (Lipinski definition) is 1. The van der Waals surface area contributed by atoms with E-state index in [-0.39, 0.29) is 13.1 Å². The number of nitrogens with zero attached hydrogens (tertiary/aromatic N) is 1. The van der Waals surface area contributed by atoms with Crippen LogP contribution in [0.15, 0.2) is 40.4 Å². The van der Waals surface area contributed by atoms with E-state index in [0.717, 1.165) is 12.2 Å². The molecular formula is C14H21F3N2O. The van der Waals surface area contributed by atoms with Crippen LogP contribution in [0, 0.1) is 0 Å². The molecule has 0 atom stereocenters. The molecule has 6 heteroatoms. The van der Waals surface area contributed by atoms with Crippen molar-refractivity contribution >= 4 is 5.90 Å². The molecule has 0 spiro atoms. The van der Waals surface area contributed by atoms with Gasteiger partial charge in [-0.1, -0.05) is 25.2 Å². The topological polar surface area (TPSA) is 47.6 Å². The van der Waals surface area contributed by atoms with E-state index in [9.17, 15) is 13.2 Å². The molecule has 0 radical (unpaired) electrons. The van der Waals surface area contributed by atoms with Crippen molar-refractivity contribution in [1.82, 2.24) is 0 Å². The van der Waals surface area contributed by atoms with Crippen molar-refractivity contribution in [3.63, 3.8) is 0 Å². The van der Waals surface area contributed by atoms with Gasteiger partial charge in [0.2, 0.25) is 0 Å². The van der Waals surface area contributed by atoms with Crippen molar-refractivity contribution < 1.29 is 17.9 Å². The molecule has 0 saturated carbocycles. The molecule has 0 rings (SSSR count). The highest BCUT2D eigenvalue weighted by Gasteiger charge is 2.31. The molecular weight excluding hydrogens is 269 g/mol. The first-order valence-electron chi connectivity index (χ1n) is 6.27. The molecule has 0 amide bonds. The van der Waals surface area contributed by atoms with Crippen LogP contribution in [0.2, 0.25) is 0 Å². The normalized spacial score (nSPS) is 15.1. The van der Waals surface area contributed by atoms with Crippen LogP contribution in [0.25, 0.3) is 0 Å². The zero-order valence-corrected chi connectivity index (χ0v) is 12.0. The minimum Gasteiger partial charge on any atom is -0.483 e. The Hall–Kier alpha value is -1.56. The van der Waals surface area contributed by atoms with Crippen molar-refractivity contribution in [2.24, 2.45) is 10.7 Å². The van der Waals surface area contributed by atoms with E-state index >= 15 is 0 Å². The van der Waals surface area contributed by atoms with Crippen LogP contribution in [0.4, 0.5) is 13.2 Å². The van der Waals surface area contributed by atoms with Gasteiger partial charge in [0.25, 0.3) is 0 Å². The van der Waals surface area contributed by atoms with Gasteiger partial charge in [0.1, 0.15) is 0 Å². The Bertz CT molecular complexity index is 401. The maximum Gasteiger partial charge on any atom is 0.416 e. The lowest BCUT2D eigenvalue weighted by Crippen LogP contribution is -2.16. The van der Waals surface area contributed by atoms with E-state index in [0.29, 0.717) is 17.9 Å². The highest BCUT2D eigenvalue weighted by Crippen LogP contribution is 2.28. The van der Waals surface area contributed by atoms with E-state index < -0.39 is 11.7 Å². The molecule has 0 aliphatic heterocycles. The smallest absolute Gasteiger partial charge is 0.416 e. The summed E-state index contributed by atoms with van der Waals surface area (Å²) in [7, 11) is 1.42. The van der Waals surface area contributed by atoms with Crippen LogP contribution in [0.5, 0.6) is 0 Å². The average molecular weight is 290 g/mol. The number of halogens is 3.